The van der Waals surface area contributed by atoms with Gasteiger partial charge in [0.05, 0.1) is 13.2 Å². The van der Waals surface area contributed by atoms with E-state index in [2.05, 4.69) is 0 Å². The summed E-state index contributed by atoms with van der Waals surface area (Å²) in [5.74, 6) is 0. The third-order valence-electron chi connectivity index (χ3n) is 1.83. The largest absolute Gasteiger partial charge is 0.510 e. The highest BCUT2D eigenvalue weighted by atomic mass is 32.1. The van der Waals surface area contributed by atoms with Crippen LogP contribution in [-0.4, -0.2) is 39.3 Å². The van der Waals surface area contributed by atoms with Gasteiger partial charge in [-0.2, -0.15) is 0 Å². The van der Waals surface area contributed by atoms with Gasteiger partial charge in [0.15, 0.2) is 5.05 Å². The summed E-state index contributed by atoms with van der Waals surface area (Å²) < 4.78 is 23.0. The van der Waals surface area contributed by atoms with Crippen molar-refractivity contribution in [2.75, 3.05) is 7.11 Å². The third kappa shape index (κ3) is 7.43. The van der Waals surface area contributed by atoms with Crippen LogP contribution in [0, 0.1) is 0 Å². The van der Waals surface area contributed by atoms with Crippen molar-refractivity contribution in [3.8, 4) is 0 Å². The van der Waals surface area contributed by atoms with Gasteiger partial charge < -0.3 is 18.0 Å². The van der Waals surface area contributed by atoms with E-state index in [4.69, 9.17) is 30.2 Å². The fourth-order valence-corrected chi connectivity index (χ4v) is 5.13. The lowest BCUT2D eigenvalue weighted by Gasteiger charge is -2.34. The van der Waals surface area contributed by atoms with Gasteiger partial charge in [0, 0.05) is 18.3 Å². The Morgan fingerprint density at radius 2 is 1.22 bits per heavy atom. The zero-order valence-electron chi connectivity index (χ0n) is 12.5. The zero-order chi connectivity index (χ0) is 14.3. The Balaban J connectivity index is 5.03. The fourth-order valence-electron chi connectivity index (χ4n) is 1.53. The molecule has 0 aromatic carbocycles. The molecular formula is C12H26O4SSi. The van der Waals surface area contributed by atoms with E-state index in [0.29, 0.717) is 11.1 Å². The molecule has 0 aromatic rings. The number of ether oxygens (including phenoxy) is 1. The Labute approximate surface area is 117 Å². The van der Waals surface area contributed by atoms with Crippen LogP contribution in [0.1, 0.15) is 41.5 Å². The number of methoxy groups -OCH3 is 1. The van der Waals surface area contributed by atoms with Gasteiger partial charge in [0.25, 0.3) is 0 Å². The van der Waals surface area contributed by atoms with E-state index >= 15 is 0 Å². The van der Waals surface area contributed by atoms with Crippen molar-refractivity contribution in [1.29, 1.82) is 0 Å². The molecule has 6 heteroatoms. The maximum Gasteiger partial charge on any atom is 0.510 e. The molecule has 0 spiro atoms. The van der Waals surface area contributed by atoms with Crippen LogP contribution in [0.25, 0.3) is 0 Å². The zero-order valence-corrected chi connectivity index (χ0v) is 14.3. The molecule has 0 aliphatic carbocycles. The predicted octanol–water partition coefficient (Wildman–Crippen LogP) is 3.17. The fraction of sp³-hybridized carbons (Fsp3) is 0.917. The molecule has 0 aliphatic heterocycles. The van der Waals surface area contributed by atoms with E-state index in [-0.39, 0.29) is 18.3 Å². The molecule has 0 aliphatic rings. The van der Waals surface area contributed by atoms with E-state index in [9.17, 15) is 0 Å². The Morgan fingerprint density at radius 1 is 0.889 bits per heavy atom. The van der Waals surface area contributed by atoms with Crippen molar-refractivity contribution < 1.29 is 18.0 Å². The van der Waals surface area contributed by atoms with E-state index in [1.165, 1.54) is 0 Å². The topological polar surface area (TPSA) is 36.9 Å². The van der Waals surface area contributed by atoms with Crippen LogP contribution in [0.4, 0.5) is 0 Å². The quantitative estimate of drug-likeness (QED) is 0.508. The monoisotopic (exact) mass is 294 g/mol. The molecule has 0 saturated carbocycles. The van der Waals surface area contributed by atoms with Gasteiger partial charge in [-0.3, -0.25) is 0 Å². The maximum atomic E-state index is 5.96. The summed E-state index contributed by atoms with van der Waals surface area (Å²) in [6.45, 7) is 11.8. The number of thiocarbonyl (C=S) groups is 1. The molecule has 0 bridgehead atoms. The lowest BCUT2D eigenvalue weighted by atomic mass is 10.5. The molecule has 0 heterocycles. The minimum Gasteiger partial charge on any atom is -0.490 e. The second-order valence-corrected chi connectivity index (χ2v) is 7.82. The van der Waals surface area contributed by atoms with Crippen molar-refractivity contribution in [3.63, 3.8) is 0 Å². The first-order chi connectivity index (χ1) is 8.20. The highest BCUT2D eigenvalue weighted by Crippen LogP contribution is 2.23. The average molecular weight is 294 g/mol. The van der Waals surface area contributed by atoms with Crippen molar-refractivity contribution in [2.45, 2.75) is 65.9 Å². The van der Waals surface area contributed by atoms with Crippen LogP contribution >= 0.6 is 12.2 Å². The molecule has 0 atom stereocenters. The molecule has 108 valence electrons. The third-order valence-corrected chi connectivity index (χ3v) is 5.65. The maximum absolute atomic E-state index is 5.96. The molecule has 0 radical (unpaired) electrons. The summed E-state index contributed by atoms with van der Waals surface area (Å²) in [7, 11) is -1.28. The lowest BCUT2D eigenvalue weighted by molar-refractivity contribution is 0.00579. The number of rotatable bonds is 8. The summed E-state index contributed by atoms with van der Waals surface area (Å²) in [6.07, 6.45) is 0.0662. The Bertz CT molecular complexity index is 230. The summed E-state index contributed by atoms with van der Waals surface area (Å²) in [4.78, 5) is 0. The molecule has 0 rings (SSSR count). The second kappa shape index (κ2) is 8.22. The van der Waals surface area contributed by atoms with Crippen molar-refractivity contribution in [2.24, 2.45) is 0 Å². The van der Waals surface area contributed by atoms with Crippen LogP contribution in [0.2, 0.25) is 6.04 Å². The van der Waals surface area contributed by atoms with E-state index in [1.807, 2.05) is 41.5 Å². The minimum absolute atomic E-state index is 0.0221. The summed E-state index contributed by atoms with van der Waals surface area (Å²) in [6, 6.07) is 0.410. The van der Waals surface area contributed by atoms with Gasteiger partial charge in [0.1, 0.15) is 0 Å². The van der Waals surface area contributed by atoms with Crippen LogP contribution in [0.15, 0.2) is 0 Å². The molecule has 0 aromatic heterocycles. The first-order valence-corrected chi connectivity index (χ1v) is 8.65. The van der Waals surface area contributed by atoms with Gasteiger partial charge in [-0.1, -0.05) is 0 Å². The van der Waals surface area contributed by atoms with Crippen molar-refractivity contribution >= 4 is 26.1 Å². The smallest absolute Gasteiger partial charge is 0.490 e. The highest BCUT2D eigenvalue weighted by molar-refractivity contribution is 7.80. The van der Waals surface area contributed by atoms with Gasteiger partial charge in [0.2, 0.25) is 0 Å². The van der Waals surface area contributed by atoms with Gasteiger partial charge >= 0.3 is 8.80 Å². The summed E-state index contributed by atoms with van der Waals surface area (Å²) in [5, 5.41) is 0.462. The lowest BCUT2D eigenvalue weighted by Crippen LogP contribution is -2.52. The number of hydrogen-bond acceptors (Lipinski definition) is 5. The Hall–Kier alpha value is -0.0131. The Kier molecular flexibility index (Phi) is 8.21. The van der Waals surface area contributed by atoms with Gasteiger partial charge in [-0.15, -0.1) is 0 Å². The number of hydrogen-bond donors (Lipinski definition) is 0. The van der Waals surface area contributed by atoms with Crippen LogP contribution < -0.4 is 0 Å². The van der Waals surface area contributed by atoms with Crippen LogP contribution in [0.3, 0.4) is 0 Å². The SMILES string of the molecule is COC(=S)C[Si](OC(C)C)(OC(C)C)OC(C)C. The minimum atomic E-state index is -2.84. The summed E-state index contributed by atoms with van der Waals surface area (Å²) in [5.41, 5.74) is 0. The van der Waals surface area contributed by atoms with Crippen LogP contribution in [0.5, 0.6) is 0 Å². The Morgan fingerprint density at radius 3 is 1.44 bits per heavy atom. The van der Waals surface area contributed by atoms with E-state index in [1.54, 1.807) is 7.11 Å². The summed E-state index contributed by atoms with van der Waals surface area (Å²) >= 11 is 5.13. The first kappa shape index (κ1) is 18.0. The first-order valence-electron chi connectivity index (χ1n) is 6.31. The molecule has 18 heavy (non-hydrogen) atoms. The van der Waals surface area contributed by atoms with Crippen molar-refractivity contribution in [3.05, 3.63) is 0 Å². The molecular weight excluding hydrogens is 268 g/mol. The second-order valence-electron chi connectivity index (χ2n) is 4.94. The molecule has 0 amide bonds. The van der Waals surface area contributed by atoms with Gasteiger partial charge in [-0.05, 0) is 53.8 Å². The molecule has 0 fully saturated rings. The average Bonchev–Trinajstić information content (AvgIpc) is 2.12. The molecule has 0 unspecified atom stereocenters. The van der Waals surface area contributed by atoms with Gasteiger partial charge in [-0.25, -0.2) is 0 Å². The van der Waals surface area contributed by atoms with E-state index < -0.39 is 8.80 Å². The molecule has 0 N–H and O–H groups in total. The predicted molar refractivity (Wildman–Crippen MR) is 78.8 cm³/mol. The normalized spacial score (nSPS) is 12.6. The van der Waals surface area contributed by atoms with Crippen LogP contribution in [-0.2, 0) is 18.0 Å². The standard InChI is InChI=1S/C12H26O4SSi/c1-9(2)14-18(15-10(3)4,16-11(5)6)8-12(17)13-7/h9-11H,8H2,1-7H3. The molecule has 0 saturated heterocycles. The van der Waals surface area contributed by atoms with Crippen molar-refractivity contribution in [1.82, 2.24) is 0 Å². The highest BCUT2D eigenvalue weighted by Gasteiger charge is 2.45. The van der Waals surface area contributed by atoms with E-state index in [0.717, 1.165) is 0 Å². The molecule has 4 nitrogen and oxygen atoms in total.